The molecular formula is C15H21FO. The molecule has 17 heavy (non-hydrogen) atoms. The lowest BCUT2D eigenvalue weighted by molar-refractivity contribution is -0.0958. The van der Waals surface area contributed by atoms with E-state index in [0.29, 0.717) is 6.42 Å². The fourth-order valence-electron chi connectivity index (χ4n) is 2.87. The van der Waals surface area contributed by atoms with Crippen LogP contribution in [0.25, 0.3) is 0 Å². The summed E-state index contributed by atoms with van der Waals surface area (Å²) in [5.41, 5.74) is 0.110. The van der Waals surface area contributed by atoms with E-state index in [1.807, 2.05) is 6.07 Å². The molecule has 1 aliphatic carbocycles. The van der Waals surface area contributed by atoms with Crippen LogP contribution in [0.5, 0.6) is 0 Å². The van der Waals surface area contributed by atoms with Crippen LogP contribution in [-0.4, -0.2) is 10.7 Å². The van der Waals surface area contributed by atoms with Crippen LogP contribution in [-0.2, 0) is 6.42 Å². The predicted molar refractivity (Wildman–Crippen MR) is 67.3 cm³/mol. The van der Waals surface area contributed by atoms with Gasteiger partial charge < -0.3 is 5.11 Å². The van der Waals surface area contributed by atoms with Gasteiger partial charge in [-0.05, 0) is 36.0 Å². The van der Waals surface area contributed by atoms with Crippen molar-refractivity contribution in [3.8, 4) is 0 Å². The zero-order valence-electron chi connectivity index (χ0n) is 10.7. The third-order valence-electron chi connectivity index (χ3n) is 4.29. The van der Waals surface area contributed by atoms with E-state index in [1.165, 1.54) is 18.6 Å². The molecule has 1 fully saturated rings. The zero-order chi connectivity index (χ0) is 12.5. The normalized spacial score (nSPS) is 28.0. The van der Waals surface area contributed by atoms with Crippen LogP contribution < -0.4 is 0 Å². The van der Waals surface area contributed by atoms with E-state index in [1.54, 1.807) is 6.07 Å². The highest BCUT2D eigenvalue weighted by Gasteiger charge is 2.44. The van der Waals surface area contributed by atoms with E-state index in [2.05, 4.69) is 13.8 Å². The molecule has 2 rings (SSSR count). The molecule has 1 aromatic carbocycles. The molecular weight excluding hydrogens is 215 g/mol. The summed E-state index contributed by atoms with van der Waals surface area (Å²) in [6.07, 6.45) is 4.65. The van der Waals surface area contributed by atoms with Crippen LogP contribution in [0.2, 0.25) is 0 Å². The first-order valence-electron chi connectivity index (χ1n) is 6.40. The Balaban J connectivity index is 2.21. The van der Waals surface area contributed by atoms with Gasteiger partial charge >= 0.3 is 0 Å². The maximum Gasteiger partial charge on any atom is 0.123 e. The standard InChI is InChI=1S/C15H21FO/c1-14(2)8-3-4-9-15(14,17)11-12-6-5-7-13(16)10-12/h5-7,10,17H,3-4,8-9,11H2,1-2H3. The van der Waals surface area contributed by atoms with Gasteiger partial charge in [0, 0.05) is 6.42 Å². The summed E-state index contributed by atoms with van der Waals surface area (Å²) in [6.45, 7) is 4.23. The molecule has 1 aliphatic rings. The fourth-order valence-corrected chi connectivity index (χ4v) is 2.87. The van der Waals surface area contributed by atoms with E-state index in [-0.39, 0.29) is 11.2 Å². The Hall–Kier alpha value is -0.890. The summed E-state index contributed by atoms with van der Waals surface area (Å²) >= 11 is 0. The second-order valence-corrected chi connectivity index (χ2v) is 5.93. The summed E-state index contributed by atoms with van der Waals surface area (Å²) in [4.78, 5) is 0. The van der Waals surface area contributed by atoms with Crippen molar-refractivity contribution in [1.29, 1.82) is 0 Å². The molecule has 2 heteroatoms. The van der Waals surface area contributed by atoms with Crippen molar-refractivity contribution < 1.29 is 9.50 Å². The lowest BCUT2D eigenvalue weighted by atomic mass is 9.63. The molecule has 1 nitrogen and oxygen atoms in total. The summed E-state index contributed by atoms with van der Waals surface area (Å²) in [6, 6.07) is 6.58. The van der Waals surface area contributed by atoms with E-state index in [4.69, 9.17) is 0 Å². The molecule has 0 aromatic heterocycles. The second-order valence-electron chi connectivity index (χ2n) is 5.93. The van der Waals surface area contributed by atoms with Crippen LogP contribution in [0.3, 0.4) is 0 Å². The Bertz CT molecular complexity index is 400. The molecule has 0 amide bonds. The van der Waals surface area contributed by atoms with Gasteiger partial charge in [0.2, 0.25) is 0 Å². The lowest BCUT2D eigenvalue weighted by Gasteiger charge is -2.46. The number of hydrogen-bond donors (Lipinski definition) is 1. The molecule has 1 N–H and O–H groups in total. The fraction of sp³-hybridized carbons (Fsp3) is 0.600. The lowest BCUT2D eigenvalue weighted by Crippen LogP contribution is -2.48. The summed E-state index contributed by atoms with van der Waals surface area (Å²) in [7, 11) is 0. The van der Waals surface area contributed by atoms with Gasteiger partial charge in [-0.3, -0.25) is 0 Å². The topological polar surface area (TPSA) is 20.2 Å². The van der Waals surface area contributed by atoms with E-state index in [0.717, 1.165) is 24.8 Å². The van der Waals surface area contributed by atoms with Crippen molar-refractivity contribution >= 4 is 0 Å². The van der Waals surface area contributed by atoms with Crippen molar-refractivity contribution in [2.75, 3.05) is 0 Å². The van der Waals surface area contributed by atoms with Crippen molar-refractivity contribution in [3.05, 3.63) is 35.6 Å². The summed E-state index contributed by atoms with van der Waals surface area (Å²) in [5, 5.41) is 10.8. The van der Waals surface area contributed by atoms with Crippen LogP contribution in [0.4, 0.5) is 4.39 Å². The largest absolute Gasteiger partial charge is 0.389 e. The predicted octanol–water partition coefficient (Wildman–Crippen LogP) is 3.70. The number of aliphatic hydroxyl groups is 1. The Kier molecular flexibility index (Phi) is 3.26. The quantitative estimate of drug-likeness (QED) is 0.830. The Morgan fingerprint density at radius 3 is 2.59 bits per heavy atom. The molecule has 0 aliphatic heterocycles. The van der Waals surface area contributed by atoms with Crippen molar-refractivity contribution in [3.63, 3.8) is 0 Å². The number of benzene rings is 1. The molecule has 1 aromatic rings. The van der Waals surface area contributed by atoms with Gasteiger partial charge in [-0.1, -0.05) is 38.8 Å². The average Bonchev–Trinajstić information content (AvgIpc) is 2.23. The molecule has 0 bridgehead atoms. The molecule has 1 atom stereocenters. The molecule has 0 saturated heterocycles. The summed E-state index contributed by atoms with van der Waals surface area (Å²) in [5.74, 6) is -0.222. The third kappa shape index (κ3) is 2.52. The first-order chi connectivity index (χ1) is 7.93. The smallest absolute Gasteiger partial charge is 0.123 e. The zero-order valence-corrected chi connectivity index (χ0v) is 10.7. The van der Waals surface area contributed by atoms with Crippen LogP contribution in [0.15, 0.2) is 24.3 Å². The molecule has 94 valence electrons. The monoisotopic (exact) mass is 236 g/mol. The highest BCUT2D eigenvalue weighted by Crippen LogP contribution is 2.45. The minimum absolute atomic E-state index is 0.0857. The molecule has 0 spiro atoms. The Morgan fingerprint density at radius 2 is 1.94 bits per heavy atom. The van der Waals surface area contributed by atoms with Gasteiger partial charge in [-0.2, -0.15) is 0 Å². The molecule has 0 radical (unpaired) electrons. The average molecular weight is 236 g/mol. The van der Waals surface area contributed by atoms with Gasteiger partial charge in [0.05, 0.1) is 5.60 Å². The van der Waals surface area contributed by atoms with Gasteiger partial charge in [0.1, 0.15) is 5.82 Å². The highest BCUT2D eigenvalue weighted by molar-refractivity contribution is 5.20. The first-order valence-corrected chi connectivity index (χ1v) is 6.40. The van der Waals surface area contributed by atoms with Crippen molar-refractivity contribution in [2.24, 2.45) is 5.41 Å². The minimum Gasteiger partial charge on any atom is -0.389 e. The van der Waals surface area contributed by atoms with Crippen LogP contribution >= 0.6 is 0 Å². The van der Waals surface area contributed by atoms with Crippen molar-refractivity contribution in [2.45, 2.75) is 51.6 Å². The number of hydrogen-bond acceptors (Lipinski definition) is 1. The van der Waals surface area contributed by atoms with E-state index < -0.39 is 5.60 Å². The van der Waals surface area contributed by atoms with Crippen LogP contribution in [0.1, 0.15) is 45.1 Å². The van der Waals surface area contributed by atoms with Gasteiger partial charge in [0.25, 0.3) is 0 Å². The molecule has 1 saturated carbocycles. The van der Waals surface area contributed by atoms with Gasteiger partial charge in [0.15, 0.2) is 0 Å². The van der Waals surface area contributed by atoms with Gasteiger partial charge in [-0.15, -0.1) is 0 Å². The number of rotatable bonds is 2. The molecule has 0 heterocycles. The van der Waals surface area contributed by atoms with Crippen molar-refractivity contribution in [1.82, 2.24) is 0 Å². The Morgan fingerprint density at radius 1 is 1.24 bits per heavy atom. The minimum atomic E-state index is -0.695. The first kappa shape index (κ1) is 12.6. The van der Waals surface area contributed by atoms with Crippen LogP contribution in [0, 0.1) is 11.2 Å². The summed E-state index contributed by atoms with van der Waals surface area (Å²) < 4.78 is 13.2. The third-order valence-corrected chi connectivity index (χ3v) is 4.29. The number of halogens is 1. The van der Waals surface area contributed by atoms with E-state index in [9.17, 15) is 9.50 Å². The highest BCUT2D eigenvalue weighted by atomic mass is 19.1. The van der Waals surface area contributed by atoms with Gasteiger partial charge in [-0.25, -0.2) is 4.39 Å². The molecule has 1 unspecified atom stereocenters. The maximum atomic E-state index is 13.2. The SMILES string of the molecule is CC1(C)CCCCC1(O)Cc1cccc(F)c1. The Labute approximate surface area is 103 Å². The second kappa shape index (κ2) is 4.41. The maximum absolute atomic E-state index is 13.2. The van der Waals surface area contributed by atoms with E-state index >= 15 is 0 Å².